The lowest BCUT2D eigenvalue weighted by atomic mass is 10.2. The SMILES string of the molecule is COc1ccc(CNCC=O)cc1OC. The van der Waals surface area contributed by atoms with E-state index in [1.807, 2.05) is 18.2 Å². The zero-order chi connectivity index (χ0) is 11.1. The lowest BCUT2D eigenvalue weighted by Crippen LogP contribution is -2.15. The molecular formula is C11H15NO3. The Morgan fingerprint density at radius 1 is 1.27 bits per heavy atom. The summed E-state index contributed by atoms with van der Waals surface area (Å²) in [4.78, 5) is 10.1. The summed E-state index contributed by atoms with van der Waals surface area (Å²) >= 11 is 0. The average molecular weight is 209 g/mol. The van der Waals surface area contributed by atoms with Crippen molar-refractivity contribution < 1.29 is 14.3 Å². The maximum Gasteiger partial charge on any atom is 0.161 e. The molecular weight excluding hydrogens is 194 g/mol. The van der Waals surface area contributed by atoms with Crippen LogP contribution in [0.25, 0.3) is 0 Å². The average Bonchev–Trinajstić information content (AvgIpc) is 2.29. The van der Waals surface area contributed by atoms with Crippen LogP contribution in [-0.4, -0.2) is 27.1 Å². The number of methoxy groups -OCH3 is 2. The van der Waals surface area contributed by atoms with Gasteiger partial charge in [-0.1, -0.05) is 6.07 Å². The number of hydrogen-bond donors (Lipinski definition) is 1. The zero-order valence-electron chi connectivity index (χ0n) is 8.95. The predicted octanol–water partition coefficient (Wildman–Crippen LogP) is 0.992. The van der Waals surface area contributed by atoms with Crippen molar-refractivity contribution in [2.45, 2.75) is 6.54 Å². The molecule has 0 saturated carbocycles. The quantitative estimate of drug-likeness (QED) is 0.560. The number of ether oxygens (including phenoxy) is 2. The second kappa shape index (κ2) is 6.03. The third kappa shape index (κ3) is 3.25. The van der Waals surface area contributed by atoms with Gasteiger partial charge in [-0.2, -0.15) is 0 Å². The summed E-state index contributed by atoms with van der Waals surface area (Å²) in [5.74, 6) is 1.40. The van der Waals surface area contributed by atoms with Gasteiger partial charge in [0.25, 0.3) is 0 Å². The van der Waals surface area contributed by atoms with Gasteiger partial charge in [0.1, 0.15) is 6.29 Å². The van der Waals surface area contributed by atoms with Crippen molar-refractivity contribution in [1.29, 1.82) is 0 Å². The van der Waals surface area contributed by atoms with Gasteiger partial charge in [0.05, 0.1) is 20.8 Å². The predicted molar refractivity (Wildman–Crippen MR) is 57.3 cm³/mol. The van der Waals surface area contributed by atoms with Gasteiger partial charge in [0.15, 0.2) is 11.5 Å². The second-order valence-corrected chi connectivity index (χ2v) is 2.99. The minimum absolute atomic E-state index is 0.356. The van der Waals surface area contributed by atoms with Crippen LogP contribution in [0, 0.1) is 0 Å². The van der Waals surface area contributed by atoms with E-state index in [0.29, 0.717) is 24.6 Å². The van der Waals surface area contributed by atoms with E-state index in [4.69, 9.17) is 9.47 Å². The first-order valence-electron chi connectivity index (χ1n) is 4.67. The van der Waals surface area contributed by atoms with Gasteiger partial charge in [-0.05, 0) is 17.7 Å². The molecule has 0 fully saturated rings. The van der Waals surface area contributed by atoms with Crippen LogP contribution in [0.5, 0.6) is 11.5 Å². The fourth-order valence-electron chi connectivity index (χ4n) is 1.27. The molecule has 0 aliphatic carbocycles. The van der Waals surface area contributed by atoms with Crippen LogP contribution in [0.15, 0.2) is 18.2 Å². The zero-order valence-corrected chi connectivity index (χ0v) is 8.95. The summed E-state index contributed by atoms with van der Waals surface area (Å²) in [5.41, 5.74) is 1.05. The van der Waals surface area contributed by atoms with Crippen LogP contribution < -0.4 is 14.8 Å². The van der Waals surface area contributed by atoms with Crippen LogP contribution in [0.4, 0.5) is 0 Å². The molecule has 0 bridgehead atoms. The van der Waals surface area contributed by atoms with E-state index in [1.54, 1.807) is 14.2 Å². The van der Waals surface area contributed by atoms with Gasteiger partial charge < -0.3 is 19.6 Å². The largest absolute Gasteiger partial charge is 0.493 e. The van der Waals surface area contributed by atoms with Crippen molar-refractivity contribution in [2.24, 2.45) is 0 Å². The first-order valence-corrected chi connectivity index (χ1v) is 4.67. The molecule has 0 unspecified atom stereocenters. The highest BCUT2D eigenvalue weighted by molar-refractivity contribution is 5.52. The Balaban J connectivity index is 2.69. The Morgan fingerprint density at radius 3 is 2.60 bits per heavy atom. The van der Waals surface area contributed by atoms with E-state index in [0.717, 1.165) is 11.8 Å². The molecule has 0 atom stereocenters. The summed E-state index contributed by atoms with van der Waals surface area (Å²) in [7, 11) is 3.20. The normalized spacial score (nSPS) is 9.73. The third-order valence-electron chi connectivity index (χ3n) is 2.00. The van der Waals surface area contributed by atoms with Crippen molar-refractivity contribution in [3.63, 3.8) is 0 Å². The summed E-state index contributed by atoms with van der Waals surface area (Å²) in [6.07, 6.45) is 0.834. The summed E-state index contributed by atoms with van der Waals surface area (Å²) in [5, 5.41) is 2.98. The van der Waals surface area contributed by atoms with Gasteiger partial charge in [0.2, 0.25) is 0 Å². The number of aldehydes is 1. The third-order valence-corrected chi connectivity index (χ3v) is 2.00. The summed E-state index contributed by atoms with van der Waals surface area (Å²) in [6, 6.07) is 5.66. The molecule has 82 valence electrons. The molecule has 1 rings (SSSR count). The Bertz CT molecular complexity index is 326. The van der Waals surface area contributed by atoms with Crippen molar-refractivity contribution in [1.82, 2.24) is 5.32 Å². The second-order valence-electron chi connectivity index (χ2n) is 2.99. The van der Waals surface area contributed by atoms with Gasteiger partial charge in [-0.3, -0.25) is 0 Å². The van der Waals surface area contributed by atoms with E-state index in [-0.39, 0.29) is 0 Å². The molecule has 1 N–H and O–H groups in total. The van der Waals surface area contributed by atoms with Crippen LogP contribution in [0.2, 0.25) is 0 Å². The first kappa shape index (κ1) is 11.5. The molecule has 0 spiro atoms. The van der Waals surface area contributed by atoms with E-state index < -0.39 is 0 Å². The molecule has 1 aromatic rings. The minimum Gasteiger partial charge on any atom is -0.493 e. The monoisotopic (exact) mass is 209 g/mol. The number of benzene rings is 1. The maximum absolute atomic E-state index is 10.1. The van der Waals surface area contributed by atoms with Gasteiger partial charge in [-0.25, -0.2) is 0 Å². The summed E-state index contributed by atoms with van der Waals surface area (Å²) < 4.78 is 10.3. The number of carbonyl (C=O) groups excluding carboxylic acids is 1. The molecule has 4 nitrogen and oxygen atoms in total. The molecule has 0 aliphatic rings. The molecule has 0 heterocycles. The Kier molecular flexibility index (Phi) is 4.63. The molecule has 1 aromatic carbocycles. The highest BCUT2D eigenvalue weighted by atomic mass is 16.5. The Labute approximate surface area is 89.2 Å². The highest BCUT2D eigenvalue weighted by Crippen LogP contribution is 2.27. The molecule has 0 aliphatic heterocycles. The standard InChI is InChI=1S/C11H15NO3/c1-14-10-4-3-9(7-11(10)15-2)8-12-5-6-13/h3-4,6-7,12H,5,8H2,1-2H3. The molecule has 0 saturated heterocycles. The van der Waals surface area contributed by atoms with E-state index >= 15 is 0 Å². The van der Waals surface area contributed by atoms with E-state index in [2.05, 4.69) is 5.32 Å². The van der Waals surface area contributed by atoms with Crippen molar-refractivity contribution in [2.75, 3.05) is 20.8 Å². The van der Waals surface area contributed by atoms with Crippen LogP contribution >= 0.6 is 0 Å². The fourth-order valence-corrected chi connectivity index (χ4v) is 1.27. The molecule has 0 aromatic heterocycles. The van der Waals surface area contributed by atoms with Crippen molar-refractivity contribution >= 4 is 6.29 Å². The van der Waals surface area contributed by atoms with Gasteiger partial charge >= 0.3 is 0 Å². The Morgan fingerprint density at radius 2 is 2.00 bits per heavy atom. The van der Waals surface area contributed by atoms with Crippen LogP contribution in [0.1, 0.15) is 5.56 Å². The highest BCUT2D eigenvalue weighted by Gasteiger charge is 2.03. The van der Waals surface area contributed by atoms with Crippen LogP contribution in [-0.2, 0) is 11.3 Å². The van der Waals surface area contributed by atoms with Crippen LogP contribution in [0.3, 0.4) is 0 Å². The molecule has 0 radical (unpaired) electrons. The topological polar surface area (TPSA) is 47.6 Å². The minimum atomic E-state index is 0.356. The fraction of sp³-hybridized carbons (Fsp3) is 0.364. The van der Waals surface area contributed by atoms with E-state index in [9.17, 15) is 4.79 Å². The number of nitrogens with one attached hydrogen (secondary N) is 1. The number of carbonyl (C=O) groups is 1. The van der Waals surface area contributed by atoms with E-state index in [1.165, 1.54) is 0 Å². The summed E-state index contributed by atoms with van der Waals surface area (Å²) in [6.45, 7) is 0.993. The molecule has 4 heteroatoms. The maximum atomic E-state index is 10.1. The smallest absolute Gasteiger partial charge is 0.161 e. The lowest BCUT2D eigenvalue weighted by Gasteiger charge is -2.09. The van der Waals surface area contributed by atoms with Crippen molar-refractivity contribution in [3.05, 3.63) is 23.8 Å². The molecule has 0 amide bonds. The van der Waals surface area contributed by atoms with Gasteiger partial charge in [-0.15, -0.1) is 0 Å². The Hall–Kier alpha value is -1.55. The molecule has 15 heavy (non-hydrogen) atoms. The number of hydrogen-bond acceptors (Lipinski definition) is 4. The number of rotatable bonds is 6. The lowest BCUT2D eigenvalue weighted by molar-refractivity contribution is -0.107. The van der Waals surface area contributed by atoms with Gasteiger partial charge in [0, 0.05) is 6.54 Å². The van der Waals surface area contributed by atoms with Crippen molar-refractivity contribution in [3.8, 4) is 11.5 Å². The first-order chi connectivity index (χ1) is 7.31.